The van der Waals surface area contributed by atoms with E-state index in [4.69, 9.17) is 0 Å². The van der Waals surface area contributed by atoms with Gasteiger partial charge in [0.15, 0.2) is 6.29 Å². The summed E-state index contributed by atoms with van der Waals surface area (Å²) < 4.78 is 15.7. The summed E-state index contributed by atoms with van der Waals surface area (Å²) in [7, 11) is 0. The average molecular weight is 120 g/mol. The molecule has 0 rings (SSSR count). The molecule has 0 aliphatic rings. The second kappa shape index (κ2) is 2.40. The maximum Gasteiger partial charge on any atom is 0.303 e. The molecule has 0 aromatic carbocycles. The zero-order chi connectivity index (χ0) is 6.62. The Balaban J connectivity index is 3.70. The zero-order valence-corrected chi connectivity index (χ0v) is 4.26. The van der Waals surface area contributed by atoms with Crippen LogP contribution in [0.3, 0.4) is 0 Å². The van der Waals surface area contributed by atoms with Crippen molar-refractivity contribution >= 4 is 12.8 Å². The molecule has 0 spiro atoms. The molecule has 0 saturated carbocycles. The molecule has 1 atom stereocenters. The first-order valence-corrected chi connectivity index (χ1v) is 1.89. The van der Waals surface area contributed by atoms with Gasteiger partial charge in [0.1, 0.15) is 0 Å². The van der Waals surface area contributed by atoms with E-state index in [9.17, 15) is 14.0 Å². The molecule has 0 heterocycles. The Morgan fingerprint density at radius 2 is 2.12 bits per heavy atom. The molecule has 0 N–H and O–H groups in total. The summed E-state index contributed by atoms with van der Waals surface area (Å²) in [4.78, 5) is 18.9. The molecule has 0 aromatic rings. The molecule has 46 valence electrons. The summed E-state index contributed by atoms with van der Waals surface area (Å²) in [6, 6.07) is 0. The SMILES string of the molecule is CC(F)(C=O)OC=O. The van der Waals surface area contributed by atoms with E-state index in [0.29, 0.717) is 0 Å². The highest BCUT2D eigenvalue weighted by molar-refractivity contribution is 5.61. The van der Waals surface area contributed by atoms with Crippen LogP contribution in [0.15, 0.2) is 0 Å². The van der Waals surface area contributed by atoms with Crippen LogP contribution in [0.1, 0.15) is 6.92 Å². The predicted molar refractivity (Wildman–Crippen MR) is 22.7 cm³/mol. The molecule has 0 aliphatic heterocycles. The molecule has 8 heavy (non-hydrogen) atoms. The number of carbonyl (C=O) groups is 2. The van der Waals surface area contributed by atoms with Crippen molar-refractivity contribution in [2.24, 2.45) is 0 Å². The van der Waals surface area contributed by atoms with Gasteiger partial charge in [-0.05, 0) is 0 Å². The van der Waals surface area contributed by atoms with Crippen LogP contribution in [0.25, 0.3) is 0 Å². The van der Waals surface area contributed by atoms with E-state index < -0.39 is 5.85 Å². The lowest BCUT2D eigenvalue weighted by molar-refractivity contribution is -0.165. The summed E-state index contributed by atoms with van der Waals surface area (Å²) in [6.07, 6.45) is -0.0958. The van der Waals surface area contributed by atoms with Gasteiger partial charge in [-0.15, -0.1) is 0 Å². The van der Waals surface area contributed by atoms with Crippen LogP contribution in [0.2, 0.25) is 0 Å². The van der Waals surface area contributed by atoms with Crippen LogP contribution in [0, 0.1) is 0 Å². The highest BCUT2D eigenvalue weighted by atomic mass is 19.2. The maximum absolute atomic E-state index is 12.0. The number of carbonyl (C=O) groups excluding carboxylic acids is 2. The van der Waals surface area contributed by atoms with Crippen LogP contribution in [-0.4, -0.2) is 18.6 Å². The van der Waals surface area contributed by atoms with Gasteiger partial charge in [0.05, 0.1) is 0 Å². The Kier molecular flexibility index (Phi) is 2.12. The van der Waals surface area contributed by atoms with E-state index in [1.807, 2.05) is 0 Å². The fraction of sp³-hybridized carbons (Fsp3) is 0.500. The second-order valence-electron chi connectivity index (χ2n) is 1.32. The van der Waals surface area contributed by atoms with Gasteiger partial charge in [-0.25, -0.2) is 0 Å². The largest absolute Gasteiger partial charge is 0.424 e. The Morgan fingerprint density at radius 1 is 1.62 bits per heavy atom. The molecule has 1 unspecified atom stereocenters. The van der Waals surface area contributed by atoms with Crippen molar-refractivity contribution in [2.75, 3.05) is 0 Å². The van der Waals surface area contributed by atoms with Crippen LogP contribution < -0.4 is 0 Å². The van der Waals surface area contributed by atoms with Gasteiger partial charge in [-0.2, -0.15) is 4.39 Å². The van der Waals surface area contributed by atoms with Crippen molar-refractivity contribution in [2.45, 2.75) is 12.8 Å². The predicted octanol–water partition coefficient (Wildman–Crippen LogP) is 0.0440. The number of aldehydes is 1. The first-order valence-electron chi connectivity index (χ1n) is 1.89. The smallest absolute Gasteiger partial charge is 0.303 e. The number of rotatable bonds is 3. The van der Waals surface area contributed by atoms with Crippen LogP contribution in [0.4, 0.5) is 4.39 Å². The number of alkyl halides is 1. The van der Waals surface area contributed by atoms with E-state index in [2.05, 4.69) is 4.74 Å². The van der Waals surface area contributed by atoms with Gasteiger partial charge in [0.25, 0.3) is 6.47 Å². The molecule has 0 amide bonds. The van der Waals surface area contributed by atoms with E-state index in [0.717, 1.165) is 6.92 Å². The first kappa shape index (κ1) is 7.07. The third kappa shape index (κ3) is 2.28. The number of ether oxygens (including phenoxy) is 1. The summed E-state index contributed by atoms with van der Waals surface area (Å²) in [5.41, 5.74) is 0. The number of hydrogen-bond donors (Lipinski definition) is 0. The van der Waals surface area contributed by atoms with Gasteiger partial charge >= 0.3 is 5.85 Å². The molecule has 3 nitrogen and oxygen atoms in total. The lowest BCUT2D eigenvalue weighted by Crippen LogP contribution is -2.23. The number of halogens is 1. The fourth-order valence-corrected chi connectivity index (χ4v) is 0.122. The second-order valence-corrected chi connectivity index (χ2v) is 1.32. The summed E-state index contributed by atoms with van der Waals surface area (Å²) >= 11 is 0. The van der Waals surface area contributed by atoms with E-state index in [1.54, 1.807) is 0 Å². The summed E-state index contributed by atoms with van der Waals surface area (Å²) in [6.45, 7) is 0.725. The minimum atomic E-state index is -2.46. The van der Waals surface area contributed by atoms with Crippen molar-refractivity contribution in [3.8, 4) is 0 Å². The Hall–Kier alpha value is -0.930. The van der Waals surface area contributed by atoms with E-state index in [-0.39, 0.29) is 12.8 Å². The molecule has 0 aliphatic carbocycles. The van der Waals surface area contributed by atoms with Crippen LogP contribution in [-0.2, 0) is 14.3 Å². The fourth-order valence-electron chi connectivity index (χ4n) is 0.122. The van der Waals surface area contributed by atoms with Crippen molar-refractivity contribution in [3.05, 3.63) is 0 Å². The minimum Gasteiger partial charge on any atom is -0.424 e. The van der Waals surface area contributed by atoms with Crippen molar-refractivity contribution in [1.29, 1.82) is 0 Å². The van der Waals surface area contributed by atoms with Gasteiger partial charge in [0.2, 0.25) is 0 Å². The molecule has 0 radical (unpaired) electrons. The standard InChI is InChI=1S/C4H5FO3/c1-4(5,2-6)8-3-7/h2-3H,1H3. The zero-order valence-electron chi connectivity index (χ0n) is 4.26. The number of hydrogen-bond acceptors (Lipinski definition) is 3. The minimum absolute atomic E-state index is 0.0958. The lowest BCUT2D eigenvalue weighted by atomic mass is 10.4. The van der Waals surface area contributed by atoms with Gasteiger partial charge < -0.3 is 4.74 Å². The molecule has 0 aromatic heterocycles. The van der Waals surface area contributed by atoms with Crippen molar-refractivity contribution in [3.63, 3.8) is 0 Å². The van der Waals surface area contributed by atoms with E-state index in [1.165, 1.54) is 0 Å². The topological polar surface area (TPSA) is 43.4 Å². The molecule has 4 heteroatoms. The van der Waals surface area contributed by atoms with Crippen molar-refractivity contribution in [1.82, 2.24) is 0 Å². The van der Waals surface area contributed by atoms with Crippen LogP contribution in [0.5, 0.6) is 0 Å². The summed E-state index contributed by atoms with van der Waals surface area (Å²) in [5.74, 6) is -2.46. The molecule has 0 saturated heterocycles. The normalized spacial score (nSPS) is 16.2. The van der Waals surface area contributed by atoms with Crippen LogP contribution >= 0.6 is 0 Å². The van der Waals surface area contributed by atoms with E-state index >= 15 is 0 Å². The third-order valence-electron chi connectivity index (χ3n) is 0.489. The molecule has 0 fully saturated rings. The average Bonchev–Trinajstić information content (AvgIpc) is 1.67. The van der Waals surface area contributed by atoms with Gasteiger partial charge in [0, 0.05) is 6.92 Å². The van der Waals surface area contributed by atoms with Gasteiger partial charge in [-0.3, -0.25) is 9.59 Å². The Labute approximate surface area is 45.4 Å². The molecular weight excluding hydrogens is 115 g/mol. The molecular formula is C4H5FO3. The highest BCUT2D eigenvalue weighted by Crippen LogP contribution is 2.04. The first-order chi connectivity index (χ1) is 3.62. The third-order valence-corrected chi connectivity index (χ3v) is 0.489. The van der Waals surface area contributed by atoms with Crippen molar-refractivity contribution < 1.29 is 18.7 Å². The highest BCUT2D eigenvalue weighted by Gasteiger charge is 2.21. The van der Waals surface area contributed by atoms with Gasteiger partial charge in [-0.1, -0.05) is 0 Å². The maximum atomic E-state index is 12.0. The lowest BCUT2D eigenvalue weighted by Gasteiger charge is -2.07. The Bertz CT molecular complexity index is 99.5. The Morgan fingerprint density at radius 3 is 2.25 bits per heavy atom. The molecule has 0 bridgehead atoms. The quantitative estimate of drug-likeness (QED) is 0.494. The summed E-state index contributed by atoms with van der Waals surface area (Å²) in [5, 5.41) is 0. The monoisotopic (exact) mass is 120 g/mol.